The van der Waals surface area contributed by atoms with Gasteiger partial charge in [0.2, 0.25) is 0 Å². The summed E-state index contributed by atoms with van der Waals surface area (Å²) in [6.07, 6.45) is 70.1. The van der Waals surface area contributed by atoms with E-state index in [0.717, 1.165) is 116 Å². The normalized spacial score (nSPS) is 13.3. The Kier molecular flexibility index (Phi) is 46.7. The van der Waals surface area contributed by atoms with Crippen molar-refractivity contribution >= 4 is 17.9 Å². The van der Waals surface area contributed by atoms with Crippen LogP contribution in [0.25, 0.3) is 0 Å². The van der Waals surface area contributed by atoms with Gasteiger partial charge in [0.1, 0.15) is 13.2 Å². The van der Waals surface area contributed by atoms with Crippen LogP contribution in [0.2, 0.25) is 0 Å². The molecule has 0 radical (unpaired) electrons. The van der Waals surface area contributed by atoms with Crippen molar-refractivity contribution in [3.63, 3.8) is 0 Å². The molecule has 0 fully saturated rings. The first-order valence-electron chi connectivity index (χ1n) is 24.7. The first kappa shape index (κ1) is 58.6. The molecule has 63 heavy (non-hydrogen) atoms. The van der Waals surface area contributed by atoms with Crippen LogP contribution in [0.15, 0.2) is 134 Å². The van der Waals surface area contributed by atoms with Crippen LogP contribution in [0, 0.1) is 0 Å². The van der Waals surface area contributed by atoms with Crippen LogP contribution in [-0.4, -0.2) is 37.2 Å². The van der Waals surface area contributed by atoms with Crippen LogP contribution in [-0.2, 0) is 28.6 Å². The molecule has 352 valence electrons. The summed E-state index contributed by atoms with van der Waals surface area (Å²) in [5, 5.41) is 0. The predicted molar refractivity (Wildman–Crippen MR) is 269 cm³/mol. The fourth-order valence-corrected chi connectivity index (χ4v) is 6.05. The molecule has 0 aliphatic heterocycles. The molecule has 0 aliphatic rings. The standard InChI is InChI=1S/C57H88O6/c1-4-7-10-13-16-19-22-24-26-28-29-31-32-35-38-41-44-47-50-56(59)62-53-54(52-61-55(58)49-46-43-40-37-34-21-18-15-12-9-6-3)63-57(60)51-48-45-42-39-36-33-30-27-25-23-20-17-14-11-8-5-2/h8-9,11-12,16-22,24-29,31,33,36-37,40,54H,4-7,10,13-15,23,30,32,34-35,38-39,41-53H2,1-3H3/b11-8-,12-9-,19-16-,20-17-,21-18-,24-22-,27-25-,28-26-,31-29-,36-33-,40-37-. The number of unbranched alkanes of at least 4 members (excludes halogenated alkanes) is 12. The van der Waals surface area contributed by atoms with E-state index in [2.05, 4.69) is 154 Å². The molecule has 0 bridgehead atoms. The zero-order chi connectivity index (χ0) is 45.8. The quantitative estimate of drug-likeness (QED) is 0.0200. The first-order chi connectivity index (χ1) is 31.0. The van der Waals surface area contributed by atoms with Gasteiger partial charge in [-0.3, -0.25) is 14.4 Å². The number of ether oxygens (including phenoxy) is 3. The minimum absolute atomic E-state index is 0.125. The number of carbonyl (C=O) groups is 3. The summed E-state index contributed by atoms with van der Waals surface area (Å²) < 4.78 is 16.7. The largest absolute Gasteiger partial charge is 0.462 e. The average molecular weight is 869 g/mol. The summed E-state index contributed by atoms with van der Waals surface area (Å²) in [6, 6.07) is 0. The lowest BCUT2D eigenvalue weighted by atomic mass is 10.1. The minimum atomic E-state index is -0.829. The molecule has 0 aromatic heterocycles. The molecule has 1 unspecified atom stereocenters. The van der Waals surface area contributed by atoms with E-state index in [1.54, 1.807) is 0 Å². The van der Waals surface area contributed by atoms with Crippen molar-refractivity contribution in [2.75, 3.05) is 13.2 Å². The number of allylic oxidation sites excluding steroid dienone is 22. The molecule has 6 heteroatoms. The van der Waals surface area contributed by atoms with E-state index in [1.165, 1.54) is 19.3 Å². The summed E-state index contributed by atoms with van der Waals surface area (Å²) in [6.45, 7) is 6.24. The van der Waals surface area contributed by atoms with Crippen molar-refractivity contribution < 1.29 is 28.6 Å². The van der Waals surface area contributed by atoms with Crippen molar-refractivity contribution in [2.45, 2.75) is 194 Å². The van der Waals surface area contributed by atoms with Gasteiger partial charge in [-0.25, -0.2) is 0 Å². The molecule has 0 aromatic carbocycles. The predicted octanol–water partition coefficient (Wildman–Crippen LogP) is 16.3. The van der Waals surface area contributed by atoms with Crippen molar-refractivity contribution in [1.82, 2.24) is 0 Å². The van der Waals surface area contributed by atoms with Crippen molar-refractivity contribution in [1.29, 1.82) is 0 Å². The molecule has 0 amide bonds. The summed E-state index contributed by atoms with van der Waals surface area (Å²) >= 11 is 0. The summed E-state index contributed by atoms with van der Waals surface area (Å²) in [5.41, 5.74) is 0. The van der Waals surface area contributed by atoms with E-state index in [-0.39, 0.29) is 44.0 Å². The second kappa shape index (κ2) is 50.2. The summed E-state index contributed by atoms with van der Waals surface area (Å²) in [4.78, 5) is 37.9. The maximum absolute atomic E-state index is 12.8. The van der Waals surface area contributed by atoms with Gasteiger partial charge in [-0.2, -0.15) is 0 Å². The van der Waals surface area contributed by atoms with Crippen LogP contribution in [0.5, 0.6) is 0 Å². The van der Waals surface area contributed by atoms with E-state index in [4.69, 9.17) is 14.2 Å². The van der Waals surface area contributed by atoms with Crippen molar-refractivity contribution in [2.24, 2.45) is 0 Å². The van der Waals surface area contributed by atoms with E-state index in [9.17, 15) is 14.4 Å². The Balaban J connectivity index is 4.56. The number of esters is 3. The van der Waals surface area contributed by atoms with Gasteiger partial charge in [0.25, 0.3) is 0 Å². The molecule has 0 N–H and O–H groups in total. The van der Waals surface area contributed by atoms with Crippen LogP contribution in [0.4, 0.5) is 0 Å². The highest BCUT2D eigenvalue weighted by atomic mass is 16.6. The zero-order valence-corrected chi connectivity index (χ0v) is 40.0. The topological polar surface area (TPSA) is 78.9 Å². The summed E-state index contributed by atoms with van der Waals surface area (Å²) in [7, 11) is 0. The monoisotopic (exact) mass is 869 g/mol. The molecular formula is C57H88O6. The maximum Gasteiger partial charge on any atom is 0.306 e. The minimum Gasteiger partial charge on any atom is -0.462 e. The third-order valence-corrected chi connectivity index (χ3v) is 9.71. The Morgan fingerprint density at radius 3 is 1.19 bits per heavy atom. The third-order valence-electron chi connectivity index (χ3n) is 9.71. The fourth-order valence-electron chi connectivity index (χ4n) is 6.05. The number of hydrogen-bond donors (Lipinski definition) is 0. The first-order valence-corrected chi connectivity index (χ1v) is 24.7. The molecular weight excluding hydrogens is 781 g/mol. The smallest absolute Gasteiger partial charge is 0.306 e. The molecule has 0 aliphatic carbocycles. The molecule has 0 rings (SSSR count). The molecule has 0 aromatic rings. The number of hydrogen-bond acceptors (Lipinski definition) is 6. The van der Waals surface area contributed by atoms with Gasteiger partial charge in [0, 0.05) is 19.3 Å². The fraction of sp³-hybridized carbons (Fsp3) is 0.561. The molecule has 6 nitrogen and oxygen atoms in total. The van der Waals surface area contributed by atoms with Crippen molar-refractivity contribution in [3.05, 3.63) is 134 Å². The lowest BCUT2D eigenvalue weighted by Crippen LogP contribution is -2.30. The molecule has 0 spiro atoms. The van der Waals surface area contributed by atoms with Gasteiger partial charge >= 0.3 is 17.9 Å². The Hall–Kier alpha value is -4.45. The van der Waals surface area contributed by atoms with Crippen LogP contribution >= 0.6 is 0 Å². The van der Waals surface area contributed by atoms with E-state index < -0.39 is 6.10 Å². The van der Waals surface area contributed by atoms with Gasteiger partial charge in [0.15, 0.2) is 6.10 Å². The average Bonchev–Trinajstić information content (AvgIpc) is 3.28. The third kappa shape index (κ3) is 48.4. The second-order valence-corrected chi connectivity index (χ2v) is 15.7. The van der Waals surface area contributed by atoms with E-state index in [1.807, 2.05) is 0 Å². The second-order valence-electron chi connectivity index (χ2n) is 15.7. The van der Waals surface area contributed by atoms with E-state index in [0.29, 0.717) is 19.3 Å². The van der Waals surface area contributed by atoms with Gasteiger partial charge < -0.3 is 14.2 Å². The van der Waals surface area contributed by atoms with Gasteiger partial charge in [-0.05, 0) is 109 Å². The van der Waals surface area contributed by atoms with Crippen molar-refractivity contribution in [3.8, 4) is 0 Å². The van der Waals surface area contributed by atoms with E-state index >= 15 is 0 Å². The summed E-state index contributed by atoms with van der Waals surface area (Å²) in [5.74, 6) is -1.05. The number of rotatable bonds is 42. The molecule has 1 atom stereocenters. The lowest BCUT2D eigenvalue weighted by Gasteiger charge is -2.18. The Morgan fingerprint density at radius 1 is 0.349 bits per heavy atom. The van der Waals surface area contributed by atoms with Crippen LogP contribution in [0.3, 0.4) is 0 Å². The maximum atomic E-state index is 12.8. The Labute approximate surface area is 385 Å². The SMILES string of the molecule is CC/C=C\C/C=C\C/C=C\C/C=C\CCCCCC(=O)OC(COC(=O)CCC/C=C\C/C=C\C/C=C\CC)COC(=O)CCCCCCC\C=C/C=C\C=C/C=C\CCCCC. The molecule has 0 saturated heterocycles. The van der Waals surface area contributed by atoms with Crippen LogP contribution < -0.4 is 0 Å². The zero-order valence-electron chi connectivity index (χ0n) is 40.0. The molecule has 0 saturated carbocycles. The van der Waals surface area contributed by atoms with Gasteiger partial charge in [-0.15, -0.1) is 0 Å². The number of carbonyl (C=O) groups excluding carboxylic acids is 3. The van der Waals surface area contributed by atoms with Gasteiger partial charge in [-0.1, -0.05) is 193 Å². The highest BCUT2D eigenvalue weighted by Crippen LogP contribution is 2.11. The Morgan fingerprint density at radius 2 is 0.698 bits per heavy atom. The van der Waals surface area contributed by atoms with Crippen LogP contribution in [0.1, 0.15) is 188 Å². The Bertz CT molecular complexity index is 1420. The lowest BCUT2D eigenvalue weighted by molar-refractivity contribution is -0.167. The molecule has 0 heterocycles. The highest BCUT2D eigenvalue weighted by molar-refractivity contribution is 5.71. The van der Waals surface area contributed by atoms with Gasteiger partial charge in [0.05, 0.1) is 0 Å². The highest BCUT2D eigenvalue weighted by Gasteiger charge is 2.19.